The van der Waals surface area contributed by atoms with Gasteiger partial charge in [0.25, 0.3) is 0 Å². The summed E-state index contributed by atoms with van der Waals surface area (Å²) in [6.07, 6.45) is 0.653. The van der Waals surface area contributed by atoms with Gasteiger partial charge < -0.3 is 5.32 Å². The largest absolute Gasteiger partial charge is 0.310 e. The van der Waals surface area contributed by atoms with E-state index in [0.29, 0.717) is 19.5 Å². The molecule has 0 radical (unpaired) electrons. The van der Waals surface area contributed by atoms with Crippen molar-refractivity contribution in [3.63, 3.8) is 0 Å². The Bertz CT molecular complexity index is 63.8. The van der Waals surface area contributed by atoms with Crippen molar-refractivity contribution in [3.05, 3.63) is 0 Å². The van der Waals surface area contributed by atoms with Crippen LogP contribution in [0.2, 0.25) is 0 Å². The van der Waals surface area contributed by atoms with Crippen molar-refractivity contribution < 1.29 is 4.39 Å². The quantitative estimate of drug-likeness (QED) is 0.574. The molecule has 1 nitrogen and oxygen atoms in total. The Morgan fingerprint density at radius 2 is 1.89 bits per heavy atom. The van der Waals surface area contributed by atoms with Gasteiger partial charge in [0.2, 0.25) is 0 Å². The Labute approximate surface area is 56.6 Å². The van der Waals surface area contributed by atoms with Crippen molar-refractivity contribution in [3.8, 4) is 0 Å². The van der Waals surface area contributed by atoms with Crippen LogP contribution < -0.4 is 5.32 Å². The predicted octanol–water partition coefficient (Wildman–Crippen LogP) is 1.73. The maximum absolute atomic E-state index is 12.6. The fourth-order valence-corrected chi connectivity index (χ4v) is 0.646. The number of hydrogen-bond donors (Lipinski definition) is 1. The highest BCUT2D eigenvalue weighted by atomic mass is 19.1. The first-order valence-electron chi connectivity index (χ1n) is 3.66. The van der Waals surface area contributed by atoms with Crippen molar-refractivity contribution in [1.29, 1.82) is 0 Å². The molecule has 0 bridgehead atoms. The second kappa shape index (κ2) is 3.83. The lowest BCUT2D eigenvalue weighted by molar-refractivity contribution is 0.0864. The number of hydrogen-bond acceptors (Lipinski definition) is 1. The highest BCUT2D eigenvalue weighted by molar-refractivity contribution is 4.91. The fraction of sp³-hybridized carbons (Fsp3) is 1.00. The van der Waals surface area contributed by atoms with E-state index >= 15 is 0 Å². The zero-order valence-electron chi connectivity index (χ0n) is 6.50. The summed E-state index contributed by atoms with van der Waals surface area (Å²) < 4.78 is 12.6. The molecule has 9 heavy (non-hydrogen) atoms. The molecule has 1 heterocycles. The molecule has 0 aliphatic carbocycles. The normalized spacial score (nSPS) is 21.3. The topological polar surface area (TPSA) is 12.0 Å². The zero-order chi connectivity index (χ0) is 7.33. The summed E-state index contributed by atoms with van der Waals surface area (Å²) in [4.78, 5) is 0. The molecule has 0 aromatic heterocycles. The highest BCUT2D eigenvalue weighted by Crippen LogP contribution is 2.19. The third-order valence-electron chi connectivity index (χ3n) is 1.52. The van der Waals surface area contributed by atoms with Gasteiger partial charge >= 0.3 is 0 Å². The van der Waals surface area contributed by atoms with Crippen LogP contribution in [0, 0.1) is 0 Å². The third kappa shape index (κ3) is 2.31. The van der Waals surface area contributed by atoms with Gasteiger partial charge in [0.05, 0.1) is 0 Å². The predicted molar refractivity (Wildman–Crippen MR) is 38.3 cm³/mol. The van der Waals surface area contributed by atoms with Gasteiger partial charge in [-0.1, -0.05) is 20.8 Å². The van der Waals surface area contributed by atoms with Crippen LogP contribution in [0.25, 0.3) is 0 Å². The fourth-order valence-electron chi connectivity index (χ4n) is 0.646. The van der Waals surface area contributed by atoms with Gasteiger partial charge in [-0.3, -0.25) is 0 Å². The van der Waals surface area contributed by atoms with Crippen molar-refractivity contribution in [1.82, 2.24) is 5.32 Å². The lowest BCUT2D eigenvalue weighted by atomic mass is 9.97. The molecule has 2 heteroatoms. The molecule has 0 atom stereocenters. The van der Waals surface area contributed by atoms with Gasteiger partial charge in [0, 0.05) is 13.1 Å². The molecule has 0 saturated carbocycles. The van der Waals surface area contributed by atoms with Crippen LogP contribution in [0.4, 0.5) is 4.39 Å². The van der Waals surface area contributed by atoms with Crippen LogP contribution in [0.1, 0.15) is 27.2 Å². The number of halogens is 1. The maximum Gasteiger partial charge on any atom is 0.135 e. The summed E-state index contributed by atoms with van der Waals surface area (Å²) in [5.41, 5.74) is -0.847. The minimum Gasteiger partial charge on any atom is -0.310 e. The summed E-state index contributed by atoms with van der Waals surface area (Å²) in [5.74, 6) is 0. The molecule has 1 saturated heterocycles. The third-order valence-corrected chi connectivity index (χ3v) is 1.52. The highest BCUT2D eigenvalue weighted by Gasteiger charge is 2.34. The number of rotatable bonds is 1. The van der Waals surface area contributed by atoms with Crippen LogP contribution >= 0.6 is 0 Å². The van der Waals surface area contributed by atoms with E-state index in [2.05, 4.69) is 5.32 Å². The lowest BCUT2D eigenvalue weighted by Crippen LogP contribution is -2.55. The first kappa shape index (κ1) is 8.89. The van der Waals surface area contributed by atoms with E-state index in [-0.39, 0.29) is 0 Å². The van der Waals surface area contributed by atoms with Crippen molar-refractivity contribution >= 4 is 0 Å². The molecular formula is C7H16FN. The summed E-state index contributed by atoms with van der Waals surface area (Å²) in [6.45, 7) is 6.99. The Balaban J connectivity index is 0.000000291. The lowest BCUT2D eigenvalue weighted by Gasteiger charge is -2.33. The summed E-state index contributed by atoms with van der Waals surface area (Å²) >= 11 is 0. The minimum absolute atomic E-state index is 0.559. The molecule has 1 N–H and O–H groups in total. The van der Waals surface area contributed by atoms with Crippen molar-refractivity contribution in [2.45, 2.75) is 32.9 Å². The van der Waals surface area contributed by atoms with E-state index in [1.807, 2.05) is 20.8 Å². The standard InChI is InChI=1S/C5H10FN.C2H6/c1-2-5(6)3-7-4-5;1-2/h7H,2-4H2,1H3;1-2H3. The van der Waals surface area contributed by atoms with Gasteiger partial charge in [-0.15, -0.1) is 0 Å². The molecule has 0 aromatic carbocycles. The van der Waals surface area contributed by atoms with Gasteiger partial charge in [-0.25, -0.2) is 4.39 Å². The minimum atomic E-state index is -0.847. The van der Waals surface area contributed by atoms with Gasteiger partial charge in [-0.05, 0) is 6.42 Å². The number of nitrogens with one attached hydrogen (secondary N) is 1. The first-order valence-corrected chi connectivity index (χ1v) is 3.66. The van der Waals surface area contributed by atoms with Crippen LogP contribution in [-0.2, 0) is 0 Å². The maximum atomic E-state index is 12.6. The van der Waals surface area contributed by atoms with E-state index in [1.54, 1.807) is 0 Å². The molecule has 0 unspecified atom stereocenters. The van der Waals surface area contributed by atoms with Gasteiger partial charge in [-0.2, -0.15) is 0 Å². The monoisotopic (exact) mass is 133 g/mol. The van der Waals surface area contributed by atoms with Crippen LogP contribution in [0.5, 0.6) is 0 Å². The Morgan fingerprint density at radius 3 is 1.89 bits per heavy atom. The van der Waals surface area contributed by atoms with Crippen LogP contribution in [0.15, 0.2) is 0 Å². The average Bonchev–Trinajstić information content (AvgIpc) is 1.88. The van der Waals surface area contributed by atoms with Crippen LogP contribution in [-0.4, -0.2) is 18.8 Å². The first-order chi connectivity index (χ1) is 4.27. The summed E-state index contributed by atoms with van der Waals surface area (Å²) in [5, 5.41) is 2.88. The average molecular weight is 133 g/mol. The molecule has 1 fully saturated rings. The van der Waals surface area contributed by atoms with E-state index in [1.165, 1.54) is 0 Å². The Hall–Kier alpha value is -0.110. The molecule has 1 aliphatic heterocycles. The number of alkyl halides is 1. The van der Waals surface area contributed by atoms with E-state index in [9.17, 15) is 4.39 Å². The smallest absolute Gasteiger partial charge is 0.135 e. The van der Waals surface area contributed by atoms with Crippen molar-refractivity contribution in [2.75, 3.05) is 13.1 Å². The summed E-state index contributed by atoms with van der Waals surface area (Å²) in [7, 11) is 0. The molecular weight excluding hydrogens is 117 g/mol. The Kier molecular flexibility index (Phi) is 3.78. The van der Waals surface area contributed by atoms with Gasteiger partial charge in [0.15, 0.2) is 0 Å². The van der Waals surface area contributed by atoms with E-state index < -0.39 is 5.67 Å². The van der Waals surface area contributed by atoms with E-state index in [0.717, 1.165) is 0 Å². The molecule has 56 valence electrons. The molecule has 0 spiro atoms. The van der Waals surface area contributed by atoms with E-state index in [4.69, 9.17) is 0 Å². The molecule has 0 amide bonds. The second-order valence-electron chi connectivity index (χ2n) is 2.11. The molecule has 1 rings (SSSR count). The van der Waals surface area contributed by atoms with Gasteiger partial charge in [0.1, 0.15) is 5.67 Å². The summed E-state index contributed by atoms with van der Waals surface area (Å²) in [6, 6.07) is 0. The second-order valence-corrected chi connectivity index (χ2v) is 2.11. The van der Waals surface area contributed by atoms with Crippen molar-refractivity contribution in [2.24, 2.45) is 0 Å². The van der Waals surface area contributed by atoms with Crippen LogP contribution in [0.3, 0.4) is 0 Å². The molecule has 0 aromatic rings. The Morgan fingerprint density at radius 1 is 1.44 bits per heavy atom. The molecule has 1 aliphatic rings. The SMILES string of the molecule is CC.CCC1(F)CNC1. The zero-order valence-corrected chi connectivity index (χ0v) is 6.50.